The summed E-state index contributed by atoms with van der Waals surface area (Å²) in [4.78, 5) is 26.1. The van der Waals surface area contributed by atoms with Gasteiger partial charge in [0.2, 0.25) is 0 Å². The highest BCUT2D eigenvalue weighted by molar-refractivity contribution is 6.03. The lowest BCUT2D eigenvalue weighted by molar-refractivity contribution is 0.101. The van der Waals surface area contributed by atoms with Gasteiger partial charge in [-0.25, -0.2) is 15.0 Å². The Morgan fingerprint density at radius 2 is 1.86 bits per heavy atom. The monoisotopic (exact) mass is 372 g/mol. The number of fused-ring (bicyclic) bond motifs is 1. The number of nitrogens with zero attached hydrogens (tertiary/aromatic N) is 5. The number of hydrogen-bond acceptors (Lipinski definition) is 5. The van der Waals surface area contributed by atoms with Crippen molar-refractivity contribution < 1.29 is 4.79 Å². The number of amides is 1. The van der Waals surface area contributed by atoms with Crippen molar-refractivity contribution in [3.63, 3.8) is 0 Å². The maximum absolute atomic E-state index is 12.4. The molecule has 0 fully saturated rings. The standard InChI is InChI=1S/C21H20N6O/c1-12-10-15(5-6-16(12)25-21(28)18-7-8-23-27(18)4)20-22-11-17-19(26-20)13(2)9-14(3)24-17/h5-11H,1-4H3,(H,25,28). The molecule has 0 atom stereocenters. The molecule has 0 unspecified atom stereocenters. The highest BCUT2D eigenvalue weighted by atomic mass is 16.2. The first-order valence-electron chi connectivity index (χ1n) is 8.94. The summed E-state index contributed by atoms with van der Waals surface area (Å²) in [6.45, 7) is 5.93. The Balaban J connectivity index is 1.65. The molecule has 0 aliphatic heterocycles. The van der Waals surface area contributed by atoms with Gasteiger partial charge in [-0.3, -0.25) is 9.48 Å². The zero-order valence-corrected chi connectivity index (χ0v) is 16.2. The minimum absolute atomic E-state index is 0.199. The van der Waals surface area contributed by atoms with Gasteiger partial charge >= 0.3 is 0 Å². The van der Waals surface area contributed by atoms with Crippen LogP contribution >= 0.6 is 0 Å². The van der Waals surface area contributed by atoms with Gasteiger partial charge in [-0.2, -0.15) is 5.10 Å². The largest absolute Gasteiger partial charge is 0.320 e. The second-order valence-corrected chi connectivity index (χ2v) is 6.83. The van der Waals surface area contributed by atoms with Crippen molar-refractivity contribution in [1.82, 2.24) is 24.7 Å². The summed E-state index contributed by atoms with van der Waals surface area (Å²) in [5.41, 5.74) is 6.71. The van der Waals surface area contributed by atoms with Crippen LogP contribution in [-0.2, 0) is 7.05 Å². The predicted octanol–water partition coefficient (Wildman–Crippen LogP) is 3.60. The summed E-state index contributed by atoms with van der Waals surface area (Å²) in [6.07, 6.45) is 3.35. The Bertz CT molecular complexity index is 1210. The van der Waals surface area contributed by atoms with Crippen molar-refractivity contribution >= 4 is 22.6 Å². The van der Waals surface area contributed by atoms with Crippen LogP contribution in [-0.4, -0.2) is 30.6 Å². The first kappa shape index (κ1) is 17.8. The zero-order chi connectivity index (χ0) is 19.8. The van der Waals surface area contributed by atoms with Gasteiger partial charge in [0.1, 0.15) is 11.2 Å². The van der Waals surface area contributed by atoms with Gasteiger partial charge in [0.25, 0.3) is 5.91 Å². The summed E-state index contributed by atoms with van der Waals surface area (Å²) in [5, 5.41) is 6.95. The lowest BCUT2D eigenvalue weighted by Crippen LogP contribution is -2.16. The number of anilines is 1. The van der Waals surface area contributed by atoms with Gasteiger partial charge in [0.15, 0.2) is 5.82 Å². The maximum Gasteiger partial charge on any atom is 0.273 e. The average molecular weight is 372 g/mol. The first-order chi connectivity index (χ1) is 13.4. The maximum atomic E-state index is 12.4. The number of carbonyl (C=O) groups excluding carboxylic acids is 1. The van der Waals surface area contributed by atoms with Gasteiger partial charge in [0, 0.05) is 30.2 Å². The zero-order valence-electron chi connectivity index (χ0n) is 16.2. The van der Waals surface area contributed by atoms with Crippen LogP contribution < -0.4 is 5.32 Å². The molecular weight excluding hydrogens is 352 g/mol. The van der Waals surface area contributed by atoms with Crippen LogP contribution in [0.15, 0.2) is 42.7 Å². The van der Waals surface area contributed by atoms with Crippen LogP contribution in [0.25, 0.3) is 22.4 Å². The molecule has 1 amide bonds. The number of nitrogens with one attached hydrogen (secondary N) is 1. The number of rotatable bonds is 3. The van der Waals surface area contributed by atoms with E-state index in [1.807, 2.05) is 45.0 Å². The molecule has 140 valence electrons. The molecule has 28 heavy (non-hydrogen) atoms. The smallest absolute Gasteiger partial charge is 0.273 e. The number of pyridine rings is 1. The van der Waals surface area contributed by atoms with Crippen molar-refractivity contribution in [2.75, 3.05) is 5.32 Å². The average Bonchev–Trinajstić information content (AvgIpc) is 3.09. The van der Waals surface area contributed by atoms with Crippen LogP contribution in [0.2, 0.25) is 0 Å². The molecule has 0 radical (unpaired) electrons. The van der Waals surface area contributed by atoms with Crippen LogP contribution in [0.4, 0.5) is 5.69 Å². The van der Waals surface area contributed by atoms with Gasteiger partial charge < -0.3 is 5.32 Å². The fraction of sp³-hybridized carbons (Fsp3) is 0.190. The third-order valence-electron chi connectivity index (χ3n) is 4.65. The van der Waals surface area contributed by atoms with Gasteiger partial charge in [-0.1, -0.05) is 0 Å². The molecule has 7 heteroatoms. The number of carbonyl (C=O) groups is 1. The second kappa shape index (κ2) is 6.84. The van der Waals surface area contributed by atoms with Crippen molar-refractivity contribution in [3.8, 4) is 11.4 Å². The molecule has 4 aromatic rings. The second-order valence-electron chi connectivity index (χ2n) is 6.83. The van der Waals surface area contributed by atoms with Crippen LogP contribution in [0.5, 0.6) is 0 Å². The van der Waals surface area contributed by atoms with Crippen molar-refractivity contribution in [3.05, 3.63) is 65.2 Å². The van der Waals surface area contributed by atoms with Gasteiger partial charge in [-0.05, 0) is 62.2 Å². The molecule has 7 nitrogen and oxygen atoms in total. The fourth-order valence-electron chi connectivity index (χ4n) is 3.22. The lowest BCUT2D eigenvalue weighted by atomic mass is 10.1. The van der Waals surface area contributed by atoms with Crippen LogP contribution in [0, 0.1) is 20.8 Å². The molecule has 0 spiro atoms. The lowest BCUT2D eigenvalue weighted by Gasteiger charge is -2.11. The topological polar surface area (TPSA) is 85.6 Å². The van der Waals surface area contributed by atoms with Crippen molar-refractivity contribution in [2.24, 2.45) is 7.05 Å². The summed E-state index contributed by atoms with van der Waals surface area (Å²) >= 11 is 0. The highest BCUT2D eigenvalue weighted by Crippen LogP contribution is 2.25. The third-order valence-corrected chi connectivity index (χ3v) is 4.65. The fourth-order valence-corrected chi connectivity index (χ4v) is 3.22. The molecule has 0 bridgehead atoms. The molecule has 3 heterocycles. The van der Waals surface area contributed by atoms with E-state index in [-0.39, 0.29) is 5.91 Å². The summed E-state index contributed by atoms with van der Waals surface area (Å²) in [5.74, 6) is 0.434. The van der Waals surface area contributed by atoms with E-state index in [9.17, 15) is 4.79 Å². The SMILES string of the molecule is Cc1cc(C)c2nc(-c3ccc(NC(=O)c4ccnn4C)c(C)c3)ncc2n1. The number of hydrogen-bond donors (Lipinski definition) is 1. The van der Waals surface area contributed by atoms with Crippen LogP contribution in [0.3, 0.4) is 0 Å². The van der Waals surface area contributed by atoms with Crippen molar-refractivity contribution in [1.29, 1.82) is 0 Å². The van der Waals surface area contributed by atoms with Gasteiger partial charge in [0.05, 0.1) is 11.7 Å². The van der Waals surface area contributed by atoms with E-state index < -0.39 is 0 Å². The van der Waals surface area contributed by atoms with E-state index in [1.165, 1.54) is 0 Å². The normalized spacial score (nSPS) is 11.0. The van der Waals surface area contributed by atoms with E-state index in [4.69, 9.17) is 4.98 Å². The Kier molecular flexibility index (Phi) is 4.35. The Morgan fingerprint density at radius 3 is 2.57 bits per heavy atom. The quantitative estimate of drug-likeness (QED) is 0.594. The molecule has 4 rings (SSSR count). The van der Waals surface area contributed by atoms with E-state index in [0.717, 1.165) is 39.1 Å². The summed E-state index contributed by atoms with van der Waals surface area (Å²) in [6, 6.07) is 9.44. The first-order valence-corrected chi connectivity index (χ1v) is 8.94. The number of aromatic nitrogens is 5. The third kappa shape index (κ3) is 3.22. The minimum Gasteiger partial charge on any atom is -0.320 e. The molecule has 3 aromatic heterocycles. The molecular formula is C21H20N6O. The summed E-state index contributed by atoms with van der Waals surface area (Å²) in [7, 11) is 1.74. The summed E-state index contributed by atoms with van der Waals surface area (Å²) < 4.78 is 1.54. The minimum atomic E-state index is -0.199. The molecule has 0 saturated carbocycles. The molecule has 0 aliphatic rings. The number of aryl methyl sites for hydroxylation is 4. The molecule has 1 aromatic carbocycles. The molecule has 0 saturated heterocycles. The highest BCUT2D eigenvalue weighted by Gasteiger charge is 2.13. The van der Waals surface area contributed by atoms with E-state index in [2.05, 4.69) is 20.4 Å². The Labute approximate surface area is 162 Å². The predicted molar refractivity (Wildman–Crippen MR) is 108 cm³/mol. The Morgan fingerprint density at radius 1 is 1.04 bits per heavy atom. The van der Waals surface area contributed by atoms with Crippen LogP contribution in [0.1, 0.15) is 27.3 Å². The molecule has 0 aliphatic carbocycles. The van der Waals surface area contributed by atoms with E-state index >= 15 is 0 Å². The van der Waals surface area contributed by atoms with Crippen molar-refractivity contribution in [2.45, 2.75) is 20.8 Å². The molecule has 1 N–H and O–H groups in total. The van der Waals surface area contributed by atoms with Gasteiger partial charge in [-0.15, -0.1) is 0 Å². The number of benzene rings is 1. The van der Waals surface area contributed by atoms with E-state index in [1.54, 1.807) is 30.2 Å². The Hall–Kier alpha value is -3.61. The van der Waals surface area contributed by atoms with E-state index in [0.29, 0.717) is 11.5 Å².